The molecule has 98 valence electrons. The predicted molar refractivity (Wildman–Crippen MR) is 71.8 cm³/mol. The molecule has 0 amide bonds. The van der Waals surface area contributed by atoms with Crippen LogP contribution in [0.5, 0.6) is 0 Å². The highest BCUT2D eigenvalue weighted by Gasteiger charge is 2.02. The Balaban J connectivity index is 1.91. The summed E-state index contributed by atoms with van der Waals surface area (Å²) in [6, 6.07) is 2.27. The van der Waals surface area contributed by atoms with Crippen LogP contribution >= 0.6 is 0 Å². The van der Waals surface area contributed by atoms with Gasteiger partial charge in [-0.25, -0.2) is 4.52 Å². The highest BCUT2D eigenvalue weighted by atomic mass is 16.1. The Bertz CT molecular complexity index is 555. The van der Waals surface area contributed by atoms with E-state index in [1.165, 1.54) is 0 Å². The minimum atomic E-state index is 0.0341. The molecule has 1 N–H and O–H groups in total. The number of nitrogens with zero attached hydrogens (tertiary/aromatic N) is 3. The van der Waals surface area contributed by atoms with Crippen LogP contribution in [-0.4, -0.2) is 26.8 Å². The molecule has 0 aliphatic heterocycles. The van der Waals surface area contributed by atoms with E-state index in [0.717, 1.165) is 25.9 Å². The summed E-state index contributed by atoms with van der Waals surface area (Å²) in [5.41, 5.74) is 0.671. The van der Waals surface area contributed by atoms with Gasteiger partial charge in [-0.2, -0.15) is 5.10 Å². The van der Waals surface area contributed by atoms with Crippen molar-refractivity contribution < 1.29 is 0 Å². The van der Waals surface area contributed by atoms with Crippen molar-refractivity contribution in [1.29, 1.82) is 0 Å². The van der Waals surface area contributed by atoms with Crippen LogP contribution in [0, 0.1) is 0 Å². The van der Waals surface area contributed by atoms with E-state index >= 15 is 0 Å². The topological polar surface area (TPSA) is 51.3 Å². The summed E-state index contributed by atoms with van der Waals surface area (Å²) in [5, 5.41) is 7.41. The van der Waals surface area contributed by atoms with Crippen LogP contribution in [0.1, 0.15) is 26.7 Å². The van der Waals surface area contributed by atoms with Crippen molar-refractivity contribution in [1.82, 2.24) is 19.5 Å². The maximum Gasteiger partial charge on any atom is 0.276 e. The van der Waals surface area contributed by atoms with Crippen LogP contribution < -0.4 is 10.9 Å². The van der Waals surface area contributed by atoms with Gasteiger partial charge >= 0.3 is 0 Å². The molecule has 2 rings (SSSR count). The third-order valence-corrected chi connectivity index (χ3v) is 2.92. The van der Waals surface area contributed by atoms with Crippen molar-refractivity contribution in [3.8, 4) is 0 Å². The van der Waals surface area contributed by atoms with Crippen LogP contribution in [0.15, 0.2) is 29.5 Å². The molecule has 0 unspecified atom stereocenters. The SMILES string of the molecule is CC(C)NCCCCn1ccn2nccc2c1=O. The summed E-state index contributed by atoms with van der Waals surface area (Å²) in [7, 11) is 0. The lowest BCUT2D eigenvalue weighted by Gasteiger charge is -2.08. The zero-order valence-electron chi connectivity index (χ0n) is 11.0. The van der Waals surface area contributed by atoms with Gasteiger partial charge in [-0.1, -0.05) is 13.8 Å². The lowest BCUT2D eigenvalue weighted by Crippen LogP contribution is -2.25. The second-order valence-electron chi connectivity index (χ2n) is 4.77. The van der Waals surface area contributed by atoms with Gasteiger partial charge in [0, 0.05) is 25.0 Å². The molecule has 0 bridgehead atoms. The van der Waals surface area contributed by atoms with Gasteiger partial charge in [0.05, 0.1) is 6.20 Å². The van der Waals surface area contributed by atoms with Crippen molar-refractivity contribution in [2.24, 2.45) is 0 Å². The first kappa shape index (κ1) is 12.8. The molecule has 0 aliphatic carbocycles. The minimum absolute atomic E-state index is 0.0341. The Morgan fingerprint density at radius 2 is 2.17 bits per heavy atom. The first-order valence-corrected chi connectivity index (χ1v) is 6.44. The van der Waals surface area contributed by atoms with Crippen molar-refractivity contribution in [3.05, 3.63) is 35.0 Å². The Kier molecular flexibility index (Phi) is 4.15. The molecule has 0 spiro atoms. The second kappa shape index (κ2) is 5.82. The van der Waals surface area contributed by atoms with Gasteiger partial charge in [0.25, 0.3) is 5.56 Å². The number of hydrogen-bond acceptors (Lipinski definition) is 3. The average Bonchev–Trinajstić information content (AvgIpc) is 2.80. The molecule has 2 aromatic rings. The standard InChI is InChI=1S/C13H20N4O/c1-11(2)14-6-3-4-8-16-9-10-17-12(13(16)18)5-7-15-17/h5,7,9-11,14H,3-4,6,8H2,1-2H3. The Labute approximate surface area is 106 Å². The average molecular weight is 248 g/mol. The fraction of sp³-hybridized carbons (Fsp3) is 0.538. The van der Waals surface area contributed by atoms with Gasteiger partial charge < -0.3 is 9.88 Å². The van der Waals surface area contributed by atoms with Crippen LogP contribution in [0.2, 0.25) is 0 Å². The Morgan fingerprint density at radius 3 is 2.94 bits per heavy atom. The first-order chi connectivity index (χ1) is 8.68. The van der Waals surface area contributed by atoms with Gasteiger partial charge in [-0.15, -0.1) is 0 Å². The van der Waals surface area contributed by atoms with Crippen LogP contribution in [0.4, 0.5) is 0 Å². The summed E-state index contributed by atoms with van der Waals surface area (Å²) >= 11 is 0. The fourth-order valence-electron chi connectivity index (χ4n) is 1.93. The molecule has 0 aromatic carbocycles. The molecule has 18 heavy (non-hydrogen) atoms. The van der Waals surface area contributed by atoms with Crippen LogP contribution in [0.3, 0.4) is 0 Å². The number of aromatic nitrogens is 3. The van der Waals surface area contributed by atoms with E-state index in [9.17, 15) is 4.79 Å². The fourth-order valence-corrected chi connectivity index (χ4v) is 1.93. The zero-order valence-corrected chi connectivity index (χ0v) is 11.0. The maximum absolute atomic E-state index is 12.0. The van der Waals surface area contributed by atoms with E-state index in [0.29, 0.717) is 11.6 Å². The summed E-state index contributed by atoms with van der Waals surface area (Å²) < 4.78 is 3.37. The van der Waals surface area contributed by atoms with Crippen molar-refractivity contribution in [2.45, 2.75) is 39.3 Å². The van der Waals surface area contributed by atoms with Crippen molar-refractivity contribution >= 4 is 5.52 Å². The third kappa shape index (κ3) is 2.98. The summed E-state index contributed by atoms with van der Waals surface area (Å²) in [6.07, 6.45) is 7.36. The molecule has 5 nitrogen and oxygen atoms in total. The van der Waals surface area contributed by atoms with E-state index in [4.69, 9.17) is 0 Å². The molecule has 0 fully saturated rings. The molecule has 5 heteroatoms. The molecular formula is C13H20N4O. The van der Waals surface area contributed by atoms with E-state index < -0.39 is 0 Å². The molecular weight excluding hydrogens is 228 g/mol. The molecule has 0 atom stereocenters. The van der Waals surface area contributed by atoms with E-state index in [1.54, 1.807) is 27.5 Å². The van der Waals surface area contributed by atoms with Gasteiger partial charge in [0.2, 0.25) is 0 Å². The largest absolute Gasteiger partial charge is 0.315 e. The Hall–Kier alpha value is -1.62. The molecule has 0 aliphatic rings. The summed E-state index contributed by atoms with van der Waals surface area (Å²) in [4.78, 5) is 12.0. The smallest absolute Gasteiger partial charge is 0.276 e. The molecule has 0 saturated carbocycles. The number of nitrogens with one attached hydrogen (secondary N) is 1. The number of fused-ring (bicyclic) bond motifs is 1. The lowest BCUT2D eigenvalue weighted by molar-refractivity contribution is 0.526. The number of hydrogen-bond donors (Lipinski definition) is 1. The van der Waals surface area contributed by atoms with Crippen molar-refractivity contribution in [2.75, 3.05) is 6.54 Å². The van der Waals surface area contributed by atoms with E-state index in [2.05, 4.69) is 24.3 Å². The molecule has 0 radical (unpaired) electrons. The van der Waals surface area contributed by atoms with Gasteiger partial charge in [0.15, 0.2) is 0 Å². The van der Waals surface area contributed by atoms with E-state index in [-0.39, 0.29) is 5.56 Å². The normalized spacial score (nSPS) is 11.5. The number of aryl methyl sites for hydroxylation is 1. The van der Waals surface area contributed by atoms with E-state index in [1.807, 2.05) is 6.20 Å². The van der Waals surface area contributed by atoms with Gasteiger partial charge in [-0.3, -0.25) is 4.79 Å². The van der Waals surface area contributed by atoms with Crippen LogP contribution in [-0.2, 0) is 6.54 Å². The quantitative estimate of drug-likeness (QED) is 0.783. The first-order valence-electron chi connectivity index (χ1n) is 6.44. The maximum atomic E-state index is 12.0. The third-order valence-electron chi connectivity index (χ3n) is 2.92. The summed E-state index contributed by atoms with van der Waals surface area (Å²) in [5.74, 6) is 0. The minimum Gasteiger partial charge on any atom is -0.315 e. The monoisotopic (exact) mass is 248 g/mol. The predicted octanol–water partition coefficient (Wildman–Crippen LogP) is 1.27. The second-order valence-corrected chi connectivity index (χ2v) is 4.77. The summed E-state index contributed by atoms with van der Waals surface area (Å²) in [6.45, 7) is 6.04. The highest BCUT2D eigenvalue weighted by Crippen LogP contribution is 1.97. The number of unbranched alkanes of at least 4 members (excludes halogenated alkanes) is 1. The Morgan fingerprint density at radius 1 is 1.33 bits per heavy atom. The number of rotatable bonds is 6. The molecule has 2 aromatic heterocycles. The van der Waals surface area contributed by atoms with Crippen molar-refractivity contribution in [3.63, 3.8) is 0 Å². The zero-order chi connectivity index (χ0) is 13.0. The highest BCUT2D eigenvalue weighted by molar-refractivity contribution is 5.42. The molecule has 0 saturated heterocycles. The van der Waals surface area contributed by atoms with Gasteiger partial charge in [-0.05, 0) is 25.5 Å². The van der Waals surface area contributed by atoms with Gasteiger partial charge in [0.1, 0.15) is 5.52 Å². The molecule has 2 heterocycles. The lowest BCUT2D eigenvalue weighted by atomic mass is 10.3. The van der Waals surface area contributed by atoms with Crippen LogP contribution in [0.25, 0.3) is 5.52 Å².